The molecule has 0 aliphatic carbocycles. The highest BCUT2D eigenvalue weighted by Crippen LogP contribution is 2.32. The van der Waals surface area contributed by atoms with E-state index in [1.807, 2.05) is 37.3 Å². The highest BCUT2D eigenvalue weighted by molar-refractivity contribution is 9.10. The summed E-state index contributed by atoms with van der Waals surface area (Å²) < 4.78 is 0.967. The molecule has 0 amide bonds. The van der Waals surface area contributed by atoms with Gasteiger partial charge < -0.3 is 5.32 Å². The van der Waals surface area contributed by atoms with Crippen LogP contribution in [-0.4, -0.2) is 9.97 Å². The quantitative estimate of drug-likeness (QED) is 0.715. The zero-order valence-electron chi connectivity index (χ0n) is 11.4. The lowest BCUT2D eigenvalue weighted by atomic mass is 10.1. The van der Waals surface area contributed by atoms with Crippen LogP contribution in [-0.2, 0) is 6.54 Å². The average molecular weight is 363 g/mol. The van der Waals surface area contributed by atoms with Gasteiger partial charge in [0.25, 0.3) is 0 Å². The molecule has 0 spiro atoms. The van der Waals surface area contributed by atoms with Gasteiger partial charge in [0.2, 0.25) is 0 Å². The van der Waals surface area contributed by atoms with E-state index in [4.69, 9.17) is 11.6 Å². The second-order valence-corrected chi connectivity index (χ2v) is 6.09. The number of nitrogens with one attached hydrogen (secondary N) is 1. The number of aryl methyl sites for hydroxylation is 1. The Hall–Kier alpha value is -1.65. The molecule has 21 heavy (non-hydrogen) atoms. The Labute approximate surface area is 136 Å². The van der Waals surface area contributed by atoms with E-state index < -0.39 is 0 Å². The highest BCUT2D eigenvalue weighted by atomic mass is 79.9. The van der Waals surface area contributed by atoms with Crippen molar-refractivity contribution in [1.82, 2.24) is 9.97 Å². The van der Waals surface area contributed by atoms with Crippen molar-refractivity contribution in [3.05, 3.63) is 63.5 Å². The molecule has 1 N–H and O–H groups in total. The van der Waals surface area contributed by atoms with Crippen LogP contribution in [0.4, 0.5) is 5.69 Å². The van der Waals surface area contributed by atoms with Crippen LogP contribution in [0, 0.1) is 6.92 Å². The minimum atomic E-state index is 0.611. The van der Waals surface area contributed by atoms with Crippen LogP contribution in [0.15, 0.2) is 47.2 Å². The summed E-state index contributed by atoms with van der Waals surface area (Å²) in [7, 11) is 0. The van der Waals surface area contributed by atoms with Crippen molar-refractivity contribution < 1.29 is 0 Å². The van der Waals surface area contributed by atoms with Crippen molar-refractivity contribution in [2.24, 2.45) is 0 Å². The van der Waals surface area contributed by atoms with E-state index in [1.165, 1.54) is 0 Å². The Morgan fingerprint density at radius 2 is 2.10 bits per heavy atom. The van der Waals surface area contributed by atoms with E-state index in [9.17, 15) is 0 Å². The van der Waals surface area contributed by atoms with Crippen LogP contribution < -0.4 is 5.32 Å². The molecule has 0 aliphatic rings. The average Bonchev–Trinajstić information content (AvgIpc) is 2.49. The van der Waals surface area contributed by atoms with Crippen molar-refractivity contribution >= 4 is 44.1 Å². The fraction of sp³-hybridized carbons (Fsp3) is 0.125. The third-order valence-corrected chi connectivity index (χ3v) is 4.03. The summed E-state index contributed by atoms with van der Waals surface area (Å²) in [6, 6.07) is 9.83. The van der Waals surface area contributed by atoms with Crippen molar-refractivity contribution in [2.75, 3.05) is 5.32 Å². The summed E-state index contributed by atoms with van der Waals surface area (Å²) in [6.45, 7) is 2.63. The Bertz CT molecular complexity index is 787. The number of hydrogen-bond acceptors (Lipinski definition) is 3. The molecule has 106 valence electrons. The van der Waals surface area contributed by atoms with Gasteiger partial charge in [-0.15, -0.1) is 0 Å². The number of rotatable bonds is 3. The molecule has 0 bridgehead atoms. The minimum Gasteiger partial charge on any atom is -0.378 e. The molecule has 3 rings (SSSR count). The fourth-order valence-electron chi connectivity index (χ4n) is 2.25. The summed E-state index contributed by atoms with van der Waals surface area (Å²) in [5.74, 6) is 0. The van der Waals surface area contributed by atoms with E-state index in [2.05, 4.69) is 31.2 Å². The zero-order valence-corrected chi connectivity index (χ0v) is 13.7. The van der Waals surface area contributed by atoms with Gasteiger partial charge in [0.05, 0.1) is 28.5 Å². The summed E-state index contributed by atoms with van der Waals surface area (Å²) >= 11 is 9.76. The lowest BCUT2D eigenvalue weighted by molar-refractivity contribution is 1.04. The molecule has 0 radical (unpaired) electrons. The highest BCUT2D eigenvalue weighted by Gasteiger charge is 2.09. The zero-order chi connectivity index (χ0) is 14.8. The van der Waals surface area contributed by atoms with Crippen LogP contribution in [0.3, 0.4) is 0 Å². The third kappa shape index (κ3) is 3.01. The van der Waals surface area contributed by atoms with Crippen molar-refractivity contribution in [1.29, 1.82) is 0 Å². The molecule has 2 heterocycles. The van der Waals surface area contributed by atoms with E-state index in [0.717, 1.165) is 32.3 Å². The number of anilines is 1. The first kappa shape index (κ1) is 14.3. The van der Waals surface area contributed by atoms with Gasteiger partial charge in [0.1, 0.15) is 0 Å². The van der Waals surface area contributed by atoms with Crippen LogP contribution in [0.1, 0.15) is 11.3 Å². The minimum absolute atomic E-state index is 0.611. The number of benzene rings is 1. The standard InChI is InChI=1S/C16H13BrClN3/c1-10-7-14(18)16(13-3-2-6-19-15(10)13)21-9-12-5-4-11(17)8-20-12/h2-8,21H,9H2,1H3. The lowest BCUT2D eigenvalue weighted by Crippen LogP contribution is -2.03. The molecule has 3 nitrogen and oxygen atoms in total. The molecule has 1 aromatic carbocycles. The number of halogens is 2. The first-order valence-electron chi connectivity index (χ1n) is 6.53. The molecule has 0 saturated carbocycles. The van der Waals surface area contributed by atoms with Gasteiger partial charge in [-0.1, -0.05) is 11.6 Å². The van der Waals surface area contributed by atoms with Gasteiger partial charge in [-0.3, -0.25) is 9.97 Å². The predicted octanol–water partition coefficient (Wildman–Crippen LogP) is 4.97. The fourth-order valence-corrected chi connectivity index (χ4v) is 2.82. The summed E-state index contributed by atoms with van der Waals surface area (Å²) in [5, 5.41) is 5.10. The van der Waals surface area contributed by atoms with Crippen molar-refractivity contribution in [3.63, 3.8) is 0 Å². The van der Waals surface area contributed by atoms with Gasteiger partial charge in [0.15, 0.2) is 0 Å². The van der Waals surface area contributed by atoms with Crippen molar-refractivity contribution in [3.8, 4) is 0 Å². The number of hydrogen-bond donors (Lipinski definition) is 1. The largest absolute Gasteiger partial charge is 0.378 e. The van der Waals surface area contributed by atoms with Gasteiger partial charge in [-0.25, -0.2) is 0 Å². The maximum absolute atomic E-state index is 6.38. The normalized spacial score (nSPS) is 10.8. The van der Waals surface area contributed by atoms with Gasteiger partial charge in [-0.2, -0.15) is 0 Å². The lowest BCUT2D eigenvalue weighted by Gasteiger charge is -2.13. The van der Waals surface area contributed by atoms with Crippen LogP contribution in [0.25, 0.3) is 10.9 Å². The smallest absolute Gasteiger partial charge is 0.0752 e. The molecular formula is C16H13BrClN3. The van der Waals surface area contributed by atoms with Gasteiger partial charge in [0, 0.05) is 22.3 Å². The molecule has 0 fully saturated rings. The third-order valence-electron chi connectivity index (χ3n) is 3.27. The van der Waals surface area contributed by atoms with Crippen LogP contribution in [0.5, 0.6) is 0 Å². The van der Waals surface area contributed by atoms with Crippen LogP contribution >= 0.6 is 27.5 Å². The Balaban J connectivity index is 1.95. The molecule has 0 atom stereocenters. The molecule has 5 heteroatoms. The summed E-state index contributed by atoms with van der Waals surface area (Å²) in [4.78, 5) is 8.78. The van der Waals surface area contributed by atoms with Crippen LogP contribution in [0.2, 0.25) is 5.02 Å². The number of aromatic nitrogens is 2. The Morgan fingerprint density at radius 1 is 1.24 bits per heavy atom. The number of nitrogens with zero attached hydrogens (tertiary/aromatic N) is 2. The van der Waals surface area contributed by atoms with E-state index in [0.29, 0.717) is 11.6 Å². The monoisotopic (exact) mass is 361 g/mol. The second kappa shape index (κ2) is 6.00. The molecule has 0 unspecified atom stereocenters. The molecule has 0 aliphatic heterocycles. The maximum Gasteiger partial charge on any atom is 0.0752 e. The summed E-state index contributed by atoms with van der Waals surface area (Å²) in [6.07, 6.45) is 3.58. The number of fused-ring (bicyclic) bond motifs is 1. The summed E-state index contributed by atoms with van der Waals surface area (Å²) in [5.41, 5.74) is 3.89. The topological polar surface area (TPSA) is 37.8 Å². The number of pyridine rings is 2. The molecule has 2 aromatic heterocycles. The maximum atomic E-state index is 6.38. The molecule has 0 saturated heterocycles. The van der Waals surface area contributed by atoms with E-state index >= 15 is 0 Å². The van der Waals surface area contributed by atoms with E-state index in [1.54, 1.807) is 12.4 Å². The Morgan fingerprint density at radius 3 is 2.86 bits per heavy atom. The first-order chi connectivity index (χ1) is 10.1. The van der Waals surface area contributed by atoms with Gasteiger partial charge >= 0.3 is 0 Å². The molecule has 3 aromatic rings. The molecular weight excluding hydrogens is 350 g/mol. The van der Waals surface area contributed by atoms with Crippen molar-refractivity contribution in [2.45, 2.75) is 13.5 Å². The second-order valence-electron chi connectivity index (χ2n) is 4.77. The van der Waals surface area contributed by atoms with Gasteiger partial charge in [-0.05, 0) is 58.7 Å². The SMILES string of the molecule is Cc1cc(Cl)c(NCc2ccc(Br)cn2)c2cccnc12. The first-order valence-corrected chi connectivity index (χ1v) is 7.70. The van der Waals surface area contributed by atoms with E-state index in [-0.39, 0.29) is 0 Å². The predicted molar refractivity (Wildman–Crippen MR) is 90.8 cm³/mol. The Kier molecular flexibility index (Phi) is 4.08.